The van der Waals surface area contributed by atoms with Crippen LogP contribution >= 0.6 is 0 Å². The number of allylic oxidation sites excluding steroid dienone is 3. The predicted molar refractivity (Wildman–Crippen MR) is 39.7 cm³/mol. The molecule has 2 heteroatoms. The standard InChI is InChI=1S/C8H8N2/c1-3-5-8(10-2)6-4-7-9/h3,5-6H,4H2,1H3/b5-3-,8-6+. The normalized spacial score (nSPS) is 10.9. The van der Waals surface area contributed by atoms with E-state index in [0.717, 1.165) is 0 Å². The Morgan fingerprint density at radius 1 is 1.80 bits per heavy atom. The predicted octanol–water partition coefficient (Wildman–Crippen LogP) is 2.28. The summed E-state index contributed by atoms with van der Waals surface area (Å²) in [7, 11) is 0. The molecule has 0 fully saturated rings. The fourth-order valence-electron chi connectivity index (χ4n) is 0.472. The van der Waals surface area contributed by atoms with Gasteiger partial charge in [0.1, 0.15) is 0 Å². The van der Waals surface area contributed by atoms with Gasteiger partial charge in [-0.2, -0.15) is 5.26 Å². The van der Waals surface area contributed by atoms with E-state index in [1.807, 2.05) is 13.0 Å². The maximum Gasteiger partial charge on any atom is 0.184 e. The van der Waals surface area contributed by atoms with Crippen LogP contribution < -0.4 is 0 Å². The zero-order valence-corrected chi connectivity index (χ0v) is 5.83. The van der Waals surface area contributed by atoms with Gasteiger partial charge in [0, 0.05) is 6.42 Å². The molecular weight excluding hydrogens is 124 g/mol. The van der Waals surface area contributed by atoms with Gasteiger partial charge < -0.3 is 0 Å². The molecule has 0 heterocycles. The maximum absolute atomic E-state index is 8.16. The van der Waals surface area contributed by atoms with Crippen molar-refractivity contribution in [2.75, 3.05) is 0 Å². The summed E-state index contributed by atoms with van der Waals surface area (Å²) in [5.74, 6) is 0. The van der Waals surface area contributed by atoms with Crippen molar-refractivity contribution < 1.29 is 0 Å². The van der Waals surface area contributed by atoms with Gasteiger partial charge in [-0.15, -0.1) is 0 Å². The maximum atomic E-state index is 8.16. The van der Waals surface area contributed by atoms with Crippen molar-refractivity contribution in [3.05, 3.63) is 35.3 Å². The molecule has 0 amide bonds. The Morgan fingerprint density at radius 3 is 2.90 bits per heavy atom. The van der Waals surface area contributed by atoms with Crippen molar-refractivity contribution >= 4 is 0 Å². The third-order valence-corrected chi connectivity index (χ3v) is 0.869. The third kappa shape index (κ3) is 3.46. The van der Waals surface area contributed by atoms with E-state index in [0.29, 0.717) is 12.1 Å². The van der Waals surface area contributed by atoms with Gasteiger partial charge in [0.25, 0.3) is 0 Å². The van der Waals surface area contributed by atoms with E-state index in [2.05, 4.69) is 4.85 Å². The fraction of sp³-hybridized carbons (Fsp3) is 0.250. The van der Waals surface area contributed by atoms with Gasteiger partial charge in [-0.3, -0.25) is 0 Å². The van der Waals surface area contributed by atoms with Crippen LogP contribution in [-0.2, 0) is 0 Å². The molecule has 0 aromatic rings. The average Bonchev–Trinajstić information content (AvgIpc) is 1.98. The summed E-state index contributed by atoms with van der Waals surface area (Å²) in [5.41, 5.74) is 0.532. The first-order chi connectivity index (χ1) is 4.85. The van der Waals surface area contributed by atoms with Gasteiger partial charge in [0.15, 0.2) is 5.70 Å². The largest absolute Gasteiger partial charge is 0.238 e. The SMILES string of the molecule is [C-]#[N+]C(/C=C\C)=C/CC#N. The Balaban J connectivity index is 4.11. The number of nitriles is 1. The molecule has 0 rings (SSSR count). The molecule has 0 aromatic carbocycles. The van der Waals surface area contributed by atoms with Gasteiger partial charge in [0.05, 0.1) is 12.6 Å². The van der Waals surface area contributed by atoms with E-state index in [1.165, 1.54) is 0 Å². The number of nitrogens with zero attached hydrogens (tertiary/aromatic N) is 2. The second-order valence-corrected chi connectivity index (χ2v) is 1.60. The molecule has 0 aliphatic carbocycles. The van der Waals surface area contributed by atoms with Crippen LogP contribution in [0.4, 0.5) is 0 Å². The molecule has 10 heavy (non-hydrogen) atoms. The highest BCUT2D eigenvalue weighted by Gasteiger charge is 1.84. The van der Waals surface area contributed by atoms with Gasteiger partial charge in [-0.05, 0) is 6.92 Å². The molecule has 0 aliphatic heterocycles. The second-order valence-electron chi connectivity index (χ2n) is 1.60. The minimum Gasteiger partial charge on any atom is -0.238 e. The van der Waals surface area contributed by atoms with Crippen LogP contribution in [0.5, 0.6) is 0 Å². The molecule has 0 unspecified atom stereocenters. The molecule has 0 saturated heterocycles. The molecular formula is C8H8N2. The Labute approximate surface area is 60.9 Å². The number of hydrogen-bond acceptors (Lipinski definition) is 1. The van der Waals surface area contributed by atoms with Gasteiger partial charge in [-0.1, -0.05) is 18.2 Å². The lowest BCUT2D eigenvalue weighted by Gasteiger charge is -1.81. The Hall–Kier alpha value is -1.54. The van der Waals surface area contributed by atoms with E-state index in [9.17, 15) is 0 Å². The van der Waals surface area contributed by atoms with Crippen molar-refractivity contribution in [3.63, 3.8) is 0 Å². The average molecular weight is 132 g/mol. The summed E-state index contributed by atoms with van der Waals surface area (Å²) in [5, 5.41) is 8.16. The molecule has 50 valence electrons. The van der Waals surface area contributed by atoms with Crippen LogP contribution in [0.2, 0.25) is 0 Å². The van der Waals surface area contributed by atoms with Crippen molar-refractivity contribution in [1.29, 1.82) is 5.26 Å². The highest BCUT2D eigenvalue weighted by atomic mass is 14.6. The van der Waals surface area contributed by atoms with E-state index in [-0.39, 0.29) is 0 Å². The number of rotatable bonds is 2. The lowest BCUT2D eigenvalue weighted by molar-refractivity contribution is 1.33. The quantitative estimate of drug-likeness (QED) is 0.418. The first-order valence-electron chi connectivity index (χ1n) is 2.92. The van der Waals surface area contributed by atoms with Crippen LogP contribution in [-0.4, -0.2) is 0 Å². The van der Waals surface area contributed by atoms with Crippen LogP contribution in [0.25, 0.3) is 4.85 Å². The molecule has 0 radical (unpaired) electrons. The first-order valence-corrected chi connectivity index (χ1v) is 2.92. The fourth-order valence-corrected chi connectivity index (χ4v) is 0.472. The minimum atomic E-state index is 0.308. The number of hydrogen-bond donors (Lipinski definition) is 0. The Bertz CT molecular complexity index is 223. The smallest absolute Gasteiger partial charge is 0.184 e. The van der Waals surface area contributed by atoms with E-state index < -0.39 is 0 Å². The van der Waals surface area contributed by atoms with Crippen molar-refractivity contribution in [2.24, 2.45) is 0 Å². The molecule has 0 N–H and O–H groups in total. The monoisotopic (exact) mass is 132 g/mol. The summed E-state index contributed by atoms with van der Waals surface area (Å²) < 4.78 is 0. The summed E-state index contributed by atoms with van der Waals surface area (Å²) in [6.07, 6.45) is 5.38. The van der Waals surface area contributed by atoms with Crippen molar-refractivity contribution in [1.82, 2.24) is 0 Å². The Kier molecular flexibility index (Phi) is 4.73. The van der Waals surface area contributed by atoms with E-state index >= 15 is 0 Å². The van der Waals surface area contributed by atoms with Gasteiger partial charge >= 0.3 is 0 Å². The molecule has 0 aliphatic rings. The van der Waals surface area contributed by atoms with Crippen molar-refractivity contribution in [3.8, 4) is 6.07 Å². The van der Waals surface area contributed by atoms with Crippen LogP contribution in [0, 0.1) is 17.9 Å². The zero-order valence-electron chi connectivity index (χ0n) is 5.83. The lowest BCUT2D eigenvalue weighted by atomic mass is 10.3. The summed E-state index contributed by atoms with van der Waals surface area (Å²) in [6, 6.07) is 1.94. The topological polar surface area (TPSA) is 28.1 Å². The van der Waals surface area contributed by atoms with Gasteiger partial charge in [0.2, 0.25) is 0 Å². The molecule has 0 aromatic heterocycles. The first kappa shape index (κ1) is 8.46. The third-order valence-electron chi connectivity index (χ3n) is 0.869. The molecule has 0 bridgehead atoms. The summed E-state index contributed by atoms with van der Waals surface area (Å²) in [4.78, 5) is 3.19. The highest BCUT2D eigenvalue weighted by molar-refractivity contribution is 5.25. The van der Waals surface area contributed by atoms with Gasteiger partial charge in [-0.25, -0.2) is 4.85 Å². The van der Waals surface area contributed by atoms with E-state index in [4.69, 9.17) is 11.8 Å². The minimum absolute atomic E-state index is 0.308. The lowest BCUT2D eigenvalue weighted by Crippen LogP contribution is -1.66. The highest BCUT2D eigenvalue weighted by Crippen LogP contribution is 1.99. The van der Waals surface area contributed by atoms with Crippen molar-refractivity contribution in [2.45, 2.75) is 13.3 Å². The van der Waals surface area contributed by atoms with Crippen LogP contribution in [0.1, 0.15) is 13.3 Å². The Morgan fingerprint density at radius 2 is 2.50 bits per heavy atom. The van der Waals surface area contributed by atoms with Crippen LogP contribution in [0.15, 0.2) is 23.9 Å². The molecule has 0 saturated carbocycles. The second kappa shape index (κ2) is 5.59. The molecule has 2 nitrogen and oxygen atoms in total. The molecule has 0 spiro atoms. The summed E-state index contributed by atoms with van der Waals surface area (Å²) in [6.45, 7) is 8.48. The van der Waals surface area contributed by atoms with Crippen LogP contribution in [0.3, 0.4) is 0 Å². The zero-order chi connectivity index (χ0) is 7.82. The molecule has 0 atom stereocenters. The van der Waals surface area contributed by atoms with E-state index in [1.54, 1.807) is 18.2 Å². The summed E-state index contributed by atoms with van der Waals surface area (Å²) >= 11 is 0.